The molecule has 0 unspecified atom stereocenters. The molecule has 0 aliphatic carbocycles. The Morgan fingerprint density at radius 3 is 0.991 bits per heavy atom. The minimum absolute atomic E-state index is 0.0278. The van der Waals surface area contributed by atoms with Gasteiger partial charge in [0.15, 0.2) is 24.0 Å². The van der Waals surface area contributed by atoms with Gasteiger partial charge in [0.05, 0.1) is 6.21 Å². The van der Waals surface area contributed by atoms with Crippen molar-refractivity contribution in [2.45, 2.75) is 241 Å². The highest BCUT2D eigenvalue weighted by atomic mass is 35.5. The molecule has 5 aromatic carbocycles. The van der Waals surface area contributed by atoms with Crippen molar-refractivity contribution >= 4 is 47.6 Å². The van der Waals surface area contributed by atoms with E-state index in [9.17, 15) is 19.2 Å². The molecule has 113 heavy (non-hydrogen) atoms. The maximum absolute atomic E-state index is 12.8. The van der Waals surface area contributed by atoms with Crippen LogP contribution < -0.4 is 5.32 Å². The van der Waals surface area contributed by atoms with Gasteiger partial charge < -0.3 is 92.0 Å². The van der Waals surface area contributed by atoms with Gasteiger partial charge >= 0.3 is 18.3 Å². The molecule has 628 valence electrons. The molecular formula is C87H129ClN6O19. The number of nitrogens with zero attached hydrogens (tertiary/aromatic N) is 5. The minimum Gasteiger partial charge on any atom is -0.444 e. The minimum atomic E-state index is -0.546. The molecule has 0 saturated carbocycles. The predicted molar refractivity (Wildman–Crippen MR) is 437 cm³/mol. The van der Waals surface area contributed by atoms with E-state index in [2.05, 4.69) is 39.9 Å². The highest BCUT2D eigenvalue weighted by Gasteiger charge is 2.34. The molecule has 3 N–H and O–H groups in total. The number of hydrogen-bond donors (Lipinski definition) is 3. The van der Waals surface area contributed by atoms with Gasteiger partial charge in [-0.15, -0.1) is 0 Å². The van der Waals surface area contributed by atoms with Gasteiger partial charge in [-0.2, -0.15) is 0 Å². The molecule has 0 atom stereocenters. The summed E-state index contributed by atoms with van der Waals surface area (Å²) in [5, 5.41) is 26.9. The largest absolute Gasteiger partial charge is 0.444 e. The molecule has 4 heterocycles. The van der Waals surface area contributed by atoms with Crippen molar-refractivity contribution < 1.29 is 91.2 Å². The quantitative estimate of drug-likeness (QED) is 0.00962. The van der Waals surface area contributed by atoms with E-state index in [1.54, 1.807) is 34.1 Å². The summed E-state index contributed by atoms with van der Waals surface area (Å²) in [5.74, 6) is 0. The van der Waals surface area contributed by atoms with Crippen molar-refractivity contribution in [3.63, 3.8) is 0 Å². The zero-order valence-corrected chi connectivity index (χ0v) is 70.3. The fraction of sp³-hybridized carbons (Fsp3) is 0.586. The van der Waals surface area contributed by atoms with Crippen molar-refractivity contribution in [2.24, 2.45) is 10.3 Å². The van der Waals surface area contributed by atoms with Gasteiger partial charge in [0.25, 0.3) is 0 Å². The number of oxime groups is 2. The highest BCUT2D eigenvalue weighted by molar-refractivity contribution is 6.69. The summed E-state index contributed by atoms with van der Waals surface area (Å²) in [6, 6.07) is 39.5. The molecular weight excluding hydrogens is 1470 g/mol. The lowest BCUT2D eigenvalue weighted by Gasteiger charge is -2.35. The van der Waals surface area contributed by atoms with Crippen LogP contribution in [0.3, 0.4) is 0 Å². The van der Waals surface area contributed by atoms with E-state index < -0.39 is 16.8 Å². The molecule has 0 aromatic heterocycles. The molecule has 3 amide bonds. The van der Waals surface area contributed by atoms with E-state index in [0.717, 1.165) is 116 Å². The van der Waals surface area contributed by atoms with Gasteiger partial charge in [-0.25, -0.2) is 14.4 Å². The highest BCUT2D eigenvalue weighted by Crippen LogP contribution is 2.28. The number of hydrogen-bond acceptors (Lipinski definition) is 22. The van der Waals surface area contributed by atoms with Gasteiger partial charge in [0.1, 0.15) is 23.1 Å². The van der Waals surface area contributed by atoms with Gasteiger partial charge in [-0.3, -0.25) is 4.79 Å². The molecule has 9 rings (SSSR count). The number of benzene rings is 5. The van der Waals surface area contributed by atoms with Crippen LogP contribution in [0.2, 0.25) is 0 Å². The number of ether oxygens (including phenoxy) is 13. The summed E-state index contributed by atoms with van der Waals surface area (Å²) in [4.78, 5) is 54.0. The van der Waals surface area contributed by atoms with E-state index in [-0.39, 0.29) is 60.4 Å². The maximum atomic E-state index is 12.8. The second kappa shape index (κ2) is 52.1. The third-order valence-electron chi connectivity index (χ3n) is 17.9. The molecule has 4 aliphatic heterocycles. The van der Waals surface area contributed by atoms with Gasteiger partial charge in [0, 0.05) is 171 Å². The van der Waals surface area contributed by atoms with E-state index >= 15 is 0 Å². The van der Waals surface area contributed by atoms with E-state index in [1.165, 1.54) is 11.8 Å². The average Bonchev–Trinajstić information content (AvgIpc) is 0.845. The van der Waals surface area contributed by atoms with Crippen molar-refractivity contribution in [3.05, 3.63) is 177 Å². The lowest BCUT2D eigenvalue weighted by molar-refractivity contribution is -0.140. The van der Waals surface area contributed by atoms with E-state index in [4.69, 9.17) is 83.6 Å². The Hall–Kier alpha value is -7.63. The monoisotopic (exact) mass is 1600 g/mol. The zero-order valence-electron chi connectivity index (χ0n) is 69.6. The SMILES string of the molecule is CC(C)(C)OC(=O)N(Cc1ccc(/C(Cl)=N/O)cc1)C1CCOCC1.CC(C)(C)OC(=O)N(Cc1ccc(/C=N/O)cc1)C1CCOCC1.CCOC(OCC)c1ccc(C=O)cc1.CCOC(OCC)c1ccc(CN(C(=O)OC(C)(C)C)C2CCOCC2)cc1.CCOC(OCC)c1ccc(CNC2CCOCC2)cc1. The lowest BCUT2D eigenvalue weighted by atomic mass is 10.1. The third kappa shape index (κ3) is 37.2. The Labute approximate surface area is 676 Å². The van der Waals surface area contributed by atoms with Crippen molar-refractivity contribution in [1.29, 1.82) is 0 Å². The van der Waals surface area contributed by atoms with Crippen LogP contribution in [0.5, 0.6) is 0 Å². The van der Waals surface area contributed by atoms with Crippen LogP contribution in [-0.2, 0) is 87.8 Å². The normalized spacial score (nSPS) is 15.5. The van der Waals surface area contributed by atoms with Gasteiger partial charge in [-0.05, 0) is 183 Å². The fourth-order valence-electron chi connectivity index (χ4n) is 12.2. The van der Waals surface area contributed by atoms with Crippen molar-refractivity contribution in [1.82, 2.24) is 20.0 Å². The smallest absolute Gasteiger partial charge is 0.410 e. The van der Waals surface area contributed by atoms with Crippen LogP contribution in [0.1, 0.15) is 235 Å². The zero-order chi connectivity index (χ0) is 82.6. The number of amides is 3. The summed E-state index contributed by atoms with van der Waals surface area (Å²) in [6.45, 7) is 40.3. The molecule has 0 bridgehead atoms. The van der Waals surface area contributed by atoms with Crippen molar-refractivity contribution in [3.8, 4) is 0 Å². The van der Waals surface area contributed by atoms with Crippen LogP contribution in [0.4, 0.5) is 14.4 Å². The summed E-state index contributed by atoms with van der Waals surface area (Å²) in [6.07, 6.45) is 7.43. The predicted octanol–water partition coefficient (Wildman–Crippen LogP) is 17.7. The molecule has 4 saturated heterocycles. The Bertz CT molecular complexity index is 3480. The molecule has 0 radical (unpaired) electrons. The standard InChI is InChI=1S/C22H35NO5.C18H25ClN2O4.C18H26N2O4.C17H27NO3.C12H16O3/c1-6-26-20(27-7-2)18-10-8-17(9-11-18)16-23(19-12-14-25-15-13-19)21(24)28-22(3,4)5;1-18(2,3)25-17(22)21(15-8-10-24-11-9-15)12-13-4-6-14(7-5-13)16(19)20-23;1-18(2,3)24-17(21)20(16-8-10-23-11-9-16)13-15-6-4-14(5-7-15)12-19-22;1-3-20-17(21-4-2)15-7-5-14(6-8-15)13-18-16-9-11-19-12-10-16;1-3-14-12(15-4-2)11-7-5-10(9-13)6-8-11/h8-11,19-20H,6-7,12-16H2,1-5H3;4-7,15,23H,8-12H2,1-3H3;4-7,12,16,22H,8-11,13H2,1-3H3;5-8,16-18H,3-4,9-13H2,1-2H3;5-9,12H,3-4H2,1-2H3/b;20-16-;19-12+;;. The Balaban J connectivity index is 0.000000255. The average molecular weight is 1600 g/mol. The third-order valence-corrected chi connectivity index (χ3v) is 18.2. The summed E-state index contributed by atoms with van der Waals surface area (Å²) < 4.78 is 71.9. The molecule has 0 spiro atoms. The van der Waals surface area contributed by atoms with Gasteiger partial charge in [-0.1, -0.05) is 143 Å². The fourth-order valence-corrected chi connectivity index (χ4v) is 12.4. The number of carbonyl (C=O) groups excluding carboxylic acids is 4. The molecule has 4 fully saturated rings. The molecule has 26 heteroatoms. The van der Waals surface area contributed by atoms with Crippen LogP contribution in [0.15, 0.2) is 132 Å². The summed E-state index contributed by atoms with van der Waals surface area (Å²) >= 11 is 5.80. The number of carbonyl (C=O) groups is 4. The number of aldehydes is 1. The van der Waals surface area contributed by atoms with Crippen LogP contribution in [0, 0.1) is 0 Å². The lowest BCUT2D eigenvalue weighted by Crippen LogP contribution is -2.45. The van der Waals surface area contributed by atoms with Crippen LogP contribution in [-0.4, -0.2) is 195 Å². The molecule has 25 nitrogen and oxygen atoms in total. The first kappa shape index (κ1) is 96.0. The number of nitrogens with one attached hydrogen (secondary N) is 1. The number of halogens is 1. The topological polar surface area (TPSA) is 275 Å². The van der Waals surface area contributed by atoms with Gasteiger partial charge in [0.2, 0.25) is 0 Å². The summed E-state index contributed by atoms with van der Waals surface area (Å²) in [7, 11) is 0. The first-order valence-corrected chi connectivity index (χ1v) is 40.2. The van der Waals surface area contributed by atoms with Crippen LogP contribution >= 0.6 is 11.6 Å². The Kier molecular flexibility index (Phi) is 44.2. The second-order valence-electron chi connectivity index (χ2n) is 30.2. The molecule has 5 aromatic rings. The Morgan fingerprint density at radius 1 is 0.434 bits per heavy atom. The number of rotatable bonds is 30. The first-order valence-electron chi connectivity index (χ1n) is 39.9. The van der Waals surface area contributed by atoms with Crippen LogP contribution in [0.25, 0.3) is 0 Å². The Morgan fingerprint density at radius 2 is 0.708 bits per heavy atom. The second-order valence-corrected chi connectivity index (χ2v) is 30.6. The van der Waals surface area contributed by atoms with E-state index in [1.807, 2.05) is 182 Å². The maximum Gasteiger partial charge on any atom is 0.410 e. The molecule has 4 aliphatic rings. The summed E-state index contributed by atoms with van der Waals surface area (Å²) in [5.41, 5.74) is 7.75. The van der Waals surface area contributed by atoms with Crippen molar-refractivity contribution in [2.75, 3.05) is 92.5 Å². The van der Waals surface area contributed by atoms with E-state index in [0.29, 0.717) is 116 Å². The first-order chi connectivity index (χ1) is 54.2.